The van der Waals surface area contributed by atoms with E-state index < -0.39 is 0 Å². The summed E-state index contributed by atoms with van der Waals surface area (Å²) in [6.07, 6.45) is 7.47. The average Bonchev–Trinajstić information content (AvgIpc) is 2.80. The molecule has 0 radical (unpaired) electrons. The summed E-state index contributed by atoms with van der Waals surface area (Å²) >= 11 is 5.74. The second-order valence-electron chi connectivity index (χ2n) is 7.11. The van der Waals surface area contributed by atoms with Crippen LogP contribution in [0, 0.1) is 5.92 Å². The highest BCUT2D eigenvalue weighted by Crippen LogP contribution is 2.23. The topological polar surface area (TPSA) is 95.9 Å². The molecule has 1 aliphatic heterocycles. The maximum Gasteiger partial charge on any atom is 0.260 e. The molecule has 0 saturated carbocycles. The van der Waals surface area contributed by atoms with Gasteiger partial charge in [-0.1, -0.05) is 11.6 Å². The SMILES string of the molecule is Cl.Cl.O=C(Nc1ccc(Cl)nn1)c1cccnc1NCC1CCN(c2ccncc2)CC1. The highest BCUT2D eigenvalue weighted by molar-refractivity contribution is 6.29. The van der Waals surface area contributed by atoms with Crippen molar-refractivity contribution in [2.24, 2.45) is 5.92 Å². The summed E-state index contributed by atoms with van der Waals surface area (Å²) in [6.45, 7) is 2.77. The fourth-order valence-corrected chi connectivity index (χ4v) is 3.59. The summed E-state index contributed by atoms with van der Waals surface area (Å²) < 4.78 is 0. The smallest absolute Gasteiger partial charge is 0.260 e. The Labute approximate surface area is 204 Å². The van der Waals surface area contributed by atoms with Crippen molar-refractivity contribution in [3.8, 4) is 0 Å². The van der Waals surface area contributed by atoms with Crippen molar-refractivity contribution in [1.82, 2.24) is 20.2 Å². The molecule has 2 N–H and O–H groups in total. The van der Waals surface area contributed by atoms with E-state index in [1.54, 1.807) is 30.5 Å². The van der Waals surface area contributed by atoms with Gasteiger partial charge in [-0.05, 0) is 55.2 Å². The lowest BCUT2D eigenvalue weighted by Gasteiger charge is -2.33. The number of carbonyl (C=O) groups excluding carboxylic acids is 1. The molecule has 32 heavy (non-hydrogen) atoms. The Balaban J connectivity index is 0.00000181. The molecule has 11 heteroatoms. The van der Waals surface area contributed by atoms with E-state index in [-0.39, 0.29) is 35.9 Å². The number of anilines is 3. The Hall–Kier alpha value is -2.68. The van der Waals surface area contributed by atoms with Gasteiger partial charge in [0.25, 0.3) is 5.91 Å². The molecule has 170 valence electrons. The van der Waals surface area contributed by atoms with Crippen molar-refractivity contribution in [2.75, 3.05) is 35.2 Å². The third-order valence-electron chi connectivity index (χ3n) is 5.13. The molecule has 1 saturated heterocycles. The molecule has 8 nitrogen and oxygen atoms in total. The van der Waals surface area contributed by atoms with E-state index in [1.165, 1.54) is 5.69 Å². The first-order valence-electron chi connectivity index (χ1n) is 9.83. The molecular formula is C21H24Cl3N7O. The maximum atomic E-state index is 12.7. The monoisotopic (exact) mass is 495 g/mol. The highest BCUT2D eigenvalue weighted by atomic mass is 35.5. The number of rotatable bonds is 6. The van der Waals surface area contributed by atoms with Gasteiger partial charge in [0.15, 0.2) is 11.0 Å². The fraction of sp³-hybridized carbons (Fsp3) is 0.286. The predicted octanol–water partition coefficient (Wildman–Crippen LogP) is 4.34. The van der Waals surface area contributed by atoms with Crippen molar-refractivity contribution in [3.05, 3.63) is 65.7 Å². The van der Waals surface area contributed by atoms with E-state index in [0.717, 1.165) is 32.5 Å². The van der Waals surface area contributed by atoms with Crippen molar-refractivity contribution in [2.45, 2.75) is 12.8 Å². The number of hydrogen-bond acceptors (Lipinski definition) is 7. The van der Waals surface area contributed by atoms with E-state index >= 15 is 0 Å². The van der Waals surface area contributed by atoms with Crippen LogP contribution in [-0.2, 0) is 0 Å². The van der Waals surface area contributed by atoms with E-state index in [1.807, 2.05) is 24.5 Å². The van der Waals surface area contributed by atoms with E-state index in [9.17, 15) is 4.79 Å². The van der Waals surface area contributed by atoms with E-state index in [0.29, 0.717) is 23.1 Å². The minimum Gasteiger partial charge on any atom is -0.371 e. The number of halogens is 3. The van der Waals surface area contributed by atoms with Crippen LogP contribution in [0.4, 0.5) is 17.3 Å². The van der Waals surface area contributed by atoms with Gasteiger partial charge in [0.1, 0.15) is 5.82 Å². The summed E-state index contributed by atoms with van der Waals surface area (Å²) in [6, 6.07) is 10.7. The van der Waals surface area contributed by atoms with Gasteiger partial charge in [-0.2, -0.15) is 0 Å². The summed E-state index contributed by atoms with van der Waals surface area (Å²) in [5, 5.41) is 13.9. The van der Waals surface area contributed by atoms with Crippen LogP contribution in [0.3, 0.4) is 0 Å². The zero-order valence-electron chi connectivity index (χ0n) is 17.1. The lowest BCUT2D eigenvalue weighted by atomic mass is 9.96. The van der Waals surface area contributed by atoms with Crippen molar-refractivity contribution in [3.63, 3.8) is 0 Å². The molecule has 3 aromatic heterocycles. The second kappa shape index (κ2) is 12.4. The molecule has 0 unspecified atom stereocenters. The Morgan fingerprint density at radius 1 is 1.03 bits per heavy atom. The van der Waals surface area contributed by atoms with Gasteiger partial charge < -0.3 is 15.5 Å². The molecule has 0 spiro atoms. The van der Waals surface area contributed by atoms with Crippen molar-refractivity contribution in [1.29, 1.82) is 0 Å². The molecular weight excluding hydrogens is 473 g/mol. The van der Waals surface area contributed by atoms with Crippen LogP contribution in [0.15, 0.2) is 55.0 Å². The maximum absolute atomic E-state index is 12.7. The summed E-state index contributed by atoms with van der Waals surface area (Å²) in [5.41, 5.74) is 1.67. The number of hydrogen-bond donors (Lipinski definition) is 2. The summed E-state index contributed by atoms with van der Waals surface area (Å²) in [4.78, 5) is 23.5. The first-order valence-corrected chi connectivity index (χ1v) is 10.2. The zero-order valence-corrected chi connectivity index (χ0v) is 19.5. The van der Waals surface area contributed by atoms with Crippen LogP contribution < -0.4 is 15.5 Å². The standard InChI is InChI=1S/C21H22ClN7O.2ClH/c22-18-3-4-19(28-27-18)26-21(30)17-2-1-9-24-20(17)25-14-15-7-12-29(13-8-15)16-5-10-23-11-6-16;;/h1-6,9-11,15H,7-8,12-14H2,(H,24,25)(H,26,28,30);2*1H. The van der Waals surface area contributed by atoms with Crippen LogP contribution in [0.25, 0.3) is 0 Å². The van der Waals surface area contributed by atoms with Gasteiger partial charge in [-0.25, -0.2) is 4.98 Å². The van der Waals surface area contributed by atoms with Crippen LogP contribution in [0.1, 0.15) is 23.2 Å². The van der Waals surface area contributed by atoms with E-state index in [4.69, 9.17) is 11.6 Å². The van der Waals surface area contributed by atoms with Crippen LogP contribution in [0.2, 0.25) is 5.15 Å². The minimum absolute atomic E-state index is 0. The lowest BCUT2D eigenvalue weighted by Crippen LogP contribution is -2.36. The highest BCUT2D eigenvalue weighted by Gasteiger charge is 2.20. The molecule has 0 aromatic carbocycles. The van der Waals surface area contributed by atoms with Gasteiger partial charge >= 0.3 is 0 Å². The van der Waals surface area contributed by atoms with Crippen molar-refractivity contribution >= 4 is 59.6 Å². The molecule has 0 aliphatic carbocycles. The quantitative estimate of drug-likeness (QED) is 0.524. The van der Waals surface area contributed by atoms with Crippen LogP contribution in [0.5, 0.6) is 0 Å². The molecule has 1 aliphatic rings. The fourth-order valence-electron chi connectivity index (χ4n) is 3.49. The number of pyridine rings is 2. The largest absolute Gasteiger partial charge is 0.371 e. The molecule has 3 aromatic rings. The molecule has 1 amide bonds. The first-order chi connectivity index (χ1) is 14.7. The van der Waals surface area contributed by atoms with Crippen molar-refractivity contribution < 1.29 is 4.79 Å². The average molecular weight is 497 g/mol. The third kappa shape index (κ3) is 6.66. The van der Waals surface area contributed by atoms with Crippen LogP contribution >= 0.6 is 36.4 Å². The van der Waals surface area contributed by atoms with Crippen LogP contribution in [-0.4, -0.2) is 45.7 Å². The third-order valence-corrected chi connectivity index (χ3v) is 5.33. The normalized spacial score (nSPS) is 13.5. The molecule has 0 atom stereocenters. The Bertz CT molecular complexity index is 984. The van der Waals surface area contributed by atoms with Gasteiger partial charge in [-0.15, -0.1) is 35.0 Å². The van der Waals surface area contributed by atoms with Gasteiger partial charge in [-0.3, -0.25) is 9.78 Å². The number of amides is 1. The summed E-state index contributed by atoms with van der Waals surface area (Å²) in [7, 11) is 0. The number of aromatic nitrogens is 4. The minimum atomic E-state index is -0.297. The number of carbonyl (C=O) groups is 1. The number of nitrogens with zero attached hydrogens (tertiary/aromatic N) is 5. The molecule has 0 bridgehead atoms. The Kier molecular flexibility index (Phi) is 9.90. The first kappa shape index (κ1) is 25.6. The van der Waals surface area contributed by atoms with E-state index in [2.05, 4.69) is 35.7 Å². The van der Waals surface area contributed by atoms with Gasteiger partial charge in [0, 0.05) is 43.9 Å². The Morgan fingerprint density at radius 3 is 2.47 bits per heavy atom. The summed E-state index contributed by atoms with van der Waals surface area (Å²) in [5.74, 6) is 1.12. The second-order valence-corrected chi connectivity index (χ2v) is 7.50. The lowest BCUT2D eigenvalue weighted by molar-refractivity contribution is 0.102. The molecule has 4 heterocycles. The molecule has 1 fully saturated rings. The number of nitrogens with one attached hydrogen (secondary N) is 2. The molecule has 4 rings (SSSR count). The van der Waals surface area contributed by atoms with Gasteiger partial charge in [0.05, 0.1) is 5.56 Å². The zero-order chi connectivity index (χ0) is 20.8. The predicted molar refractivity (Wildman–Crippen MR) is 131 cm³/mol. The van der Waals surface area contributed by atoms with Gasteiger partial charge in [0.2, 0.25) is 0 Å². The number of piperidine rings is 1. The Morgan fingerprint density at radius 2 is 1.78 bits per heavy atom.